The SMILES string of the molecule is CC1(NS(=O)(=O)c2ccc(F)c(C#N)c2)CCOCC1. The Morgan fingerprint density at radius 3 is 2.65 bits per heavy atom. The summed E-state index contributed by atoms with van der Waals surface area (Å²) in [6.45, 7) is 2.79. The summed E-state index contributed by atoms with van der Waals surface area (Å²) in [5.41, 5.74) is -0.872. The van der Waals surface area contributed by atoms with E-state index in [9.17, 15) is 12.8 Å². The van der Waals surface area contributed by atoms with E-state index in [0.29, 0.717) is 26.1 Å². The Morgan fingerprint density at radius 2 is 2.05 bits per heavy atom. The molecule has 7 heteroatoms. The van der Waals surface area contributed by atoms with Crippen LogP contribution in [0.5, 0.6) is 0 Å². The monoisotopic (exact) mass is 298 g/mol. The lowest BCUT2D eigenvalue weighted by Crippen LogP contribution is -2.49. The van der Waals surface area contributed by atoms with Crippen LogP contribution in [0, 0.1) is 17.1 Å². The van der Waals surface area contributed by atoms with Crippen molar-refractivity contribution in [2.45, 2.75) is 30.2 Å². The third-order valence-corrected chi connectivity index (χ3v) is 4.98. The molecular weight excluding hydrogens is 283 g/mol. The zero-order valence-corrected chi connectivity index (χ0v) is 11.8. The molecule has 0 aromatic heterocycles. The standard InChI is InChI=1S/C13H15FN2O3S/c1-13(4-6-19-7-5-13)16-20(17,18)11-2-3-12(14)10(8-11)9-15/h2-3,8,16H,4-7H2,1H3. The average molecular weight is 298 g/mol. The summed E-state index contributed by atoms with van der Waals surface area (Å²) in [5.74, 6) is -0.733. The van der Waals surface area contributed by atoms with Crippen molar-refractivity contribution in [2.75, 3.05) is 13.2 Å². The van der Waals surface area contributed by atoms with Crippen molar-refractivity contribution >= 4 is 10.0 Å². The lowest BCUT2D eigenvalue weighted by Gasteiger charge is -2.34. The number of nitrogens with one attached hydrogen (secondary N) is 1. The molecule has 1 saturated heterocycles. The van der Waals surface area contributed by atoms with Gasteiger partial charge in [0.05, 0.1) is 10.5 Å². The molecule has 0 unspecified atom stereocenters. The van der Waals surface area contributed by atoms with Gasteiger partial charge in [0.25, 0.3) is 0 Å². The summed E-state index contributed by atoms with van der Waals surface area (Å²) in [4.78, 5) is -0.108. The predicted molar refractivity (Wildman–Crippen MR) is 69.9 cm³/mol. The molecule has 1 fully saturated rings. The number of halogens is 1. The van der Waals surface area contributed by atoms with E-state index >= 15 is 0 Å². The van der Waals surface area contributed by atoms with E-state index < -0.39 is 21.4 Å². The van der Waals surface area contributed by atoms with Crippen LogP contribution in [0.4, 0.5) is 4.39 Å². The molecule has 1 aliphatic rings. The van der Waals surface area contributed by atoms with Gasteiger partial charge in [-0.15, -0.1) is 0 Å². The first kappa shape index (κ1) is 14.9. The van der Waals surface area contributed by atoms with Crippen LogP contribution in [0.15, 0.2) is 23.1 Å². The van der Waals surface area contributed by atoms with Crippen LogP contribution in [0.2, 0.25) is 0 Å². The fourth-order valence-electron chi connectivity index (χ4n) is 2.06. The lowest BCUT2D eigenvalue weighted by molar-refractivity contribution is 0.0537. The minimum Gasteiger partial charge on any atom is -0.381 e. The predicted octanol–water partition coefficient (Wildman–Crippen LogP) is 1.54. The van der Waals surface area contributed by atoms with Crippen molar-refractivity contribution in [1.82, 2.24) is 4.72 Å². The van der Waals surface area contributed by atoms with Crippen LogP contribution in [-0.4, -0.2) is 27.2 Å². The van der Waals surface area contributed by atoms with E-state index in [2.05, 4.69) is 4.72 Å². The largest absolute Gasteiger partial charge is 0.381 e. The maximum absolute atomic E-state index is 13.2. The normalized spacial score (nSPS) is 18.4. The second-order valence-electron chi connectivity index (χ2n) is 5.03. The van der Waals surface area contributed by atoms with E-state index in [4.69, 9.17) is 10.00 Å². The highest BCUT2D eigenvalue weighted by atomic mass is 32.2. The second-order valence-corrected chi connectivity index (χ2v) is 6.71. The summed E-state index contributed by atoms with van der Waals surface area (Å²) < 4.78 is 45.7. The lowest BCUT2D eigenvalue weighted by atomic mass is 9.94. The highest BCUT2D eigenvalue weighted by Crippen LogP contribution is 2.23. The second kappa shape index (κ2) is 5.48. The van der Waals surface area contributed by atoms with Gasteiger partial charge in [0.2, 0.25) is 10.0 Å². The Bertz CT molecular complexity index is 646. The molecule has 1 heterocycles. The Labute approximate surface area is 117 Å². The van der Waals surface area contributed by atoms with E-state index in [-0.39, 0.29) is 10.5 Å². The van der Waals surface area contributed by atoms with Gasteiger partial charge < -0.3 is 4.74 Å². The van der Waals surface area contributed by atoms with Gasteiger partial charge in [-0.1, -0.05) is 0 Å². The van der Waals surface area contributed by atoms with Crippen LogP contribution in [0.25, 0.3) is 0 Å². The molecule has 0 radical (unpaired) electrons. The number of nitriles is 1. The van der Waals surface area contributed by atoms with Crippen LogP contribution < -0.4 is 4.72 Å². The van der Waals surface area contributed by atoms with Gasteiger partial charge in [0.1, 0.15) is 11.9 Å². The maximum Gasteiger partial charge on any atom is 0.241 e. The van der Waals surface area contributed by atoms with Gasteiger partial charge in [-0.3, -0.25) is 0 Å². The Kier molecular flexibility index (Phi) is 4.09. The maximum atomic E-state index is 13.2. The minimum atomic E-state index is -3.79. The number of hydrogen-bond donors (Lipinski definition) is 1. The molecule has 5 nitrogen and oxygen atoms in total. The van der Waals surface area contributed by atoms with Crippen LogP contribution in [0.3, 0.4) is 0 Å². The molecule has 0 amide bonds. The number of hydrogen-bond acceptors (Lipinski definition) is 4. The summed E-state index contributed by atoms with van der Waals surface area (Å²) in [5, 5.41) is 8.76. The molecule has 0 bridgehead atoms. The van der Waals surface area contributed by atoms with Gasteiger partial charge in [0, 0.05) is 18.8 Å². The van der Waals surface area contributed by atoms with Crippen LogP contribution in [-0.2, 0) is 14.8 Å². The fourth-order valence-corrected chi connectivity index (χ4v) is 3.56. The van der Waals surface area contributed by atoms with Crippen molar-refractivity contribution in [3.63, 3.8) is 0 Å². The summed E-state index contributed by atoms with van der Waals surface area (Å²) >= 11 is 0. The van der Waals surface area contributed by atoms with E-state index in [0.717, 1.165) is 18.2 Å². The molecule has 1 N–H and O–H groups in total. The number of rotatable bonds is 3. The van der Waals surface area contributed by atoms with Crippen LogP contribution >= 0.6 is 0 Å². The first-order valence-corrected chi connectivity index (χ1v) is 7.66. The molecule has 0 spiro atoms. The van der Waals surface area contributed by atoms with Crippen molar-refractivity contribution in [1.29, 1.82) is 5.26 Å². The van der Waals surface area contributed by atoms with E-state index in [1.807, 2.05) is 6.92 Å². The first-order valence-electron chi connectivity index (χ1n) is 6.18. The molecular formula is C13H15FN2O3S. The summed E-state index contributed by atoms with van der Waals surface area (Å²) in [6, 6.07) is 4.82. The van der Waals surface area contributed by atoms with E-state index in [1.165, 1.54) is 0 Å². The molecule has 108 valence electrons. The van der Waals surface area contributed by atoms with Gasteiger partial charge in [-0.2, -0.15) is 5.26 Å². The van der Waals surface area contributed by atoms with Gasteiger partial charge in [-0.25, -0.2) is 17.5 Å². The quantitative estimate of drug-likeness (QED) is 0.918. The average Bonchev–Trinajstić information content (AvgIpc) is 2.38. The fraction of sp³-hybridized carbons (Fsp3) is 0.462. The highest BCUT2D eigenvalue weighted by molar-refractivity contribution is 7.89. The van der Waals surface area contributed by atoms with Crippen molar-refractivity contribution < 1.29 is 17.5 Å². The molecule has 1 aromatic rings. The van der Waals surface area contributed by atoms with Crippen molar-refractivity contribution in [3.05, 3.63) is 29.6 Å². The summed E-state index contributed by atoms with van der Waals surface area (Å²) in [6.07, 6.45) is 1.14. The number of sulfonamides is 1. The third-order valence-electron chi connectivity index (χ3n) is 3.35. The first-order chi connectivity index (χ1) is 9.36. The smallest absolute Gasteiger partial charge is 0.241 e. The molecule has 2 rings (SSSR count). The molecule has 0 saturated carbocycles. The Morgan fingerprint density at radius 1 is 1.40 bits per heavy atom. The highest BCUT2D eigenvalue weighted by Gasteiger charge is 2.32. The number of benzene rings is 1. The van der Waals surface area contributed by atoms with E-state index in [1.54, 1.807) is 6.07 Å². The zero-order valence-electron chi connectivity index (χ0n) is 11.0. The zero-order chi connectivity index (χ0) is 14.8. The minimum absolute atomic E-state index is 0.108. The molecule has 0 aliphatic carbocycles. The molecule has 20 heavy (non-hydrogen) atoms. The third kappa shape index (κ3) is 3.15. The topological polar surface area (TPSA) is 79.2 Å². The summed E-state index contributed by atoms with van der Waals surface area (Å²) in [7, 11) is -3.79. The van der Waals surface area contributed by atoms with Gasteiger partial charge >= 0.3 is 0 Å². The van der Waals surface area contributed by atoms with Gasteiger partial charge in [0.15, 0.2) is 0 Å². The van der Waals surface area contributed by atoms with Crippen LogP contribution in [0.1, 0.15) is 25.3 Å². The van der Waals surface area contributed by atoms with Crippen molar-refractivity contribution in [3.8, 4) is 6.07 Å². The molecule has 0 atom stereocenters. The van der Waals surface area contributed by atoms with Crippen molar-refractivity contribution in [2.24, 2.45) is 0 Å². The van der Waals surface area contributed by atoms with Gasteiger partial charge in [-0.05, 0) is 38.0 Å². The number of nitrogens with zero attached hydrogens (tertiary/aromatic N) is 1. The Hall–Kier alpha value is -1.49. The molecule has 1 aliphatic heterocycles. The molecule has 1 aromatic carbocycles. The number of ether oxygens (including phenoxy) is 1. The Balaban J connectivity index is 2.29.